The maximum absolute atomic E-state index is 9.72. The number of aliphatic hydroxyl groups is 1. The molecule has 1 heterocycles. The van der Waals surface area contributed by atoms with Crippen molar-refractivity contribution < 1.29 is 5.11 Å². The third kappa shape index (κ3) is 4.37. The van der Waals surface area contributed by atoms with Crippen molar-refractivity contribution in [3.8, 4) is 0 Å². The van der Waals surface area contributed by atoms with E-state index in [1.165, 1.54) is 24.0 Å². The van der Waals surface area contributed by atoms with E-state index >= 15 is 0 Å². The number of benzene rings is 1. The van der Waals surface area contributed by atoms with E-state index in [1.807, 2.05) is 12.1 Å². The van der Waals surface area contributed by atoms with Gasteiger partial charge < -0.3 is 5.11 Å². The van der Waals surface area contributed by atoms with Gasteiger partial charge in [-0.1, -0.05) is 43.2 Å². The predicted molar refractivity (Wildman–Crippen MR) is 97.7 cm³/mol. The van der Waals surface area contributed by atoms with Gasteiger partial charge >= 0.3 is 0 Å². The molecule has 3 rings (SSSR count). The summed E-state index contributed by atoms with van der Waals surface area (Å²) in [6, 6.07) is 8.32. The summed E-state index contributed by atoms with van der Waals surface area (Å²) >= 11 is 6.05. The number of rotatable bonds is 3. The molecule has 1 fully saturated rings. The highest BCUT2D eigenvalue weighted by Crippen LogP contribution is 2.42. The van der Waals surface area contributed by atoms with Gasteiger partial charge in [-0.3, -0.25) is 4.90 Å². The highest BCUT2D eigenvalue weighted by atomic mass is 35.5. The van der Waals surface area contributed by atoms with Gasteiger partial charge in [0.1, 0.15) is 0 Å². The average molecular weight is 334 g/mol. The molecule has 2 aliphatic rings. The maximum Gasteiger partial charge on any atom is 0.0564 e. The molecule has 126 valence electrons. The molecule has 1 aromatic carbocycles. The van der Waals surface area contributed by atoms with Crippen LogP contribution in [-0.4, -0.2) is 35.7 Å². The van der Waals surface area contributed by atoms with Crippen molar-refractivity contribution in [1.29, 1.82) is 0 Å². The van der Waals surface area contributed by atoms with Crippen molar-refractivity contribution in [3.05, 3.63) is 40.4 Å². The highest BCUT2D eigenvalue weighted by molar-refractivity contribution is 6.30. The number of piperidine rings is 1. The number of hydrogen-bond acceptors (Lipinski definition) is 2. The Morgan fingerprint density at radius 3 is 2.48 bits per heavy atom. The lowest BCUT2D eigenvalue weighted by Crippen LogP contribution is -2.38. The van der Waals surface area contributed by atoms with E-state index in [2.05, 4.69) is 30.9 Å². The Bertz CT molecular complexity index is 568. The maximum atomic E-state index is 9.72. The summed E-state index contributed by atoms with van der Waals surface area (Å²) in [5, 5.41) is 10.5. The normalized spacial score (nSPS) is 23.3. The fourth-order valence-corrected chi connectivity index (χ4v) is 4.04. The van der Waals surface area contributed by atoms with Gasteiger partial charge in [0, 0.05) is 24.7 Å². The molecule has 0 bridgehead atoms. The Kier molecular flexibility index (Phi) is 5.15. The number of aliphatic hydroxyl groups excluding tert-OH is 1. The zero-order valence-electron chi connectivity index (χ0n) is 14.3. The molecule has 0 aromatic heterocycles. The van der Waals surface area contributed by atoms with Gasteiger partial charge in [0.25, 0.3) is 0 Å². The summed E-state index contributed by atoms with van der Waals surface area (Å²) in [6.45, 7) is 7.84. The average Bonchev–Trinajstić information content (AvgIpc) is 2.50. The molecule has 3 heteroatoms. The van der Waals surface area contributed by atoms with Gasteiger partial charge in [-0.25, -0.2) is 0 Å². The zero-order valence-corrected chi connectivity index (χ0v) is 15.1. The van der Waals surface area contributed by atoms with Crippen molar-refractivity contribution >= 4 is 17.2 Å². The molecular formula is C20H28ClNO. The standard InChI is InChI=1S/C20H28ClNO/c1-20(2)10-7-19(15-3-5-17(21)6-4-15)16(13-20)14-22-11-8-18(23)9-12-22/h3-6,18,23H,7-14H2,1-2H3. The molecule has 0 saturated carbocycles. The first-order valence-electron chi connectivity index (χ1n) is 8.80. The van der Waals surface area contributed by atoms with Crippen LogP contribution in [0.5, 0.6) is 0 Å². The number of likely N-dealkylation sites (tertiary alicyclic amines) is 1. The van der Waals surface area contributed by atoms with Crippen LogP contribution < -0.4 is 0 Å². The lowest BCUT2D eigenvalue weighted by atomic mass is 9.72. The molecule has 0 amide bonds. The second-order valence-corrected chi connectivity index (χ2v) is 8.37. The molecule has 1 saturated heterocycles. The van der Waals surface area contributed by atoms with Crippen LogP contribution in [0.25, 0.3) is 5.57 Å². The predicted octanol–water partition coefficient (Wildman–Crippen LogP) is 4.76. The van der Waals surface area contributed by atoms with Gasteiger partial charge in [0.05, 0.1) is 6.10 Å². The van der Waals surface area contributed by atoms with Crippen LogP contribution in [0, 0.1) is 5.41 Å². The Morgan fingerprint density at radius 2 is 1.83 bits per heavy atom. The number of nitrogens with zero attached hydrogens (tertiary/aromatic N) is 1. The molecule has 23 heavy (non-hydrogen) atoms. The molecule has 1 aromatic rings. The van der Waals surface area contributed by atoms with Crippen LogP contribution in [-0.2, 0) is 0 Å². The summed E-state index contributed by atoms with van der Waals surface area (Å²) in [5.74, 6) is 0. The van der Waals surface area contributed by atoms with Gasteiger partial charge in [0.15, 0.2) is 0 Å². The Labute approximate surface area is 145 Å². The van der Waals surface area contributed by atoms with Gasteiger partial charge in [0.2, 0.25) is 0 Å². The molecule has 0 radical (unpaired) electrons. The summed E-state index contributed by atoms with van der Waals surface area (Å²) < 4.78 is 0. The SMILES string of the molecule is CC1(C)CCC(c2ccc(Cl)cc2)=C(CN2CCC(O)CC2)C1. The fourth-order valence-electron chi connectivity index (χ4n) is 3.91. The van der Waals surface area contributed by atoms with Crippen LogP contribution in [0.4, 0.5) is 0 Å². The first-order chi connectivity index (χ1) is 10.9. The molecule has 2 nitrogen and oxygen atoms in total. The van der Waals surface area contributed by atoms with E-state index in [0.29, 0.717) is 5.41 Å². The second-order valence-electron chi connectivity index (χ2n) is 7.94. The minimum Gasteiger partial charge on any atom is -0.393 e. The quantitative estimate of drug-likeness (QED) is 0.862. The topological polar surface area (TPSA) is 23.5 Å². The highest BCUT2D eigenvalue weighted by Gasteiger charge is 2.29. The van der Waals surface area contributed by atoms with E-state index < -0.39 is 0 Å². The molecule has 0 unspecified atom stereocenters. The van der Waals surface area contributed by atoms with Crippen LogP contribution in [0.2, 0.25) is 5.02 Å². The van der Waals surface area contributed by atoms with Crippen LogP contribution in [0.1, 0.15) is 51.5 Å². The van der Waals surface area contributed by atoms with Crippen molar-refractivity contribution in [2.24, 2.45) is 5.41 Å². The second kappa shape index (κ2) is 6.96. The molecule has 0 spiro atoms. The van der Waals surface area contributed by atoms with Crippen molar-refractivity contribution in [2.75, 3.05) is 19.6 Å². The first-order valence-corrected chi connectivity index (χ1v) is 9.18. The monoisotopic (exact) mass is 333 g/mol. The lowest BCUT2D eigenvalue weighted by molar-refractivity contribution is 0.0856. The minimum absolute atomic E-state index is 0.0984. The van der Waals surface area contributed by atoms with E-state index in [9.17, 15) is 5.11 Å². The number of halogens is 1. The van der Waals surface area contributed by atoms with Crippen LogP contribution in [0.15, 0.2) is 29.8 Å². The summed E-state index contributed by atoms with van der Waals surface area (Å²) in [6.07, 6.45) is 5.29. The largest absolute Gasteiger partial charge is 0.393 e. The lowest BCUT2D eigenvalue weighted by Gasteiger charge is -2.37. The summed E-state index contributed by atoms with van der Waals surface area (Å²) in [7, 11) is 0. The smallest absolute Gasteiger partial charge is 0.0564 e. The fraction of sp³-hybridized carbons (Fsp3) is 0.600. The Balaban J connectivity index is 1.84. The molecular weight excluding hydrogens is 306 g/mol. The van der Waals surface area contributed by atoms with Crippen molar-refractivity contribution in [3.63, 3.8) is 0 Å². The van der Waals surface area contributed by atoms with E-state index in [-0.39, 0.29) is 6.10 Å². The first kappa shape index (κ1) is 17.0. The van der Waals surface area contributed by atoms with E-state index in [1.54, 1.807) is 5.57 Å². The van der Waals surface area contributed by atoms with Crippen molar-refractivity contribution in [1.82, 2.24) is 4.90 Å². The summed E-state index contributed by atoms with van der Waals surface area (Å²) in [5.41, 5.74) is 4.82. The summed E-state index contributed by atoms with van der Waals surface area (Å²) in [4.78, 5) is 2.51. The minimum atomic E-state index is -0.0984. The number of hydrogen-bond donors (Lipinski definition) is 1. The zero-order chi connectivity index (χ0) is 16.4. The van der Waals surface area contributed by atoms with Gasteiger partial charge in [-0.15, -0.1) is 0 Å². The Morgan fingerprint density at radius 1 is 1.17 bits per heavy atom. The third-order valence-electron chi connectivity index (χ3n) is 5.33. The molecule has 1 N–H and O–H groups in total. The molecule has 1 aliphatic carbocycles. The van der Waals surface area contributed by atoms with Crippen LogP contribution >= 0.6 is 11.6 Å². The number of allylic oxidation sites excluding steroid dienone is 1. The van der Waals surface area contributed by atoms with Gasteiger partial charge in [-0.05, 0) is 60.8 Å². The van der Waals surface area contributed by atoms with Crippen LogP contribution in [0.3, 0.4) is 0 Å². The van der Waals surface area contributed by atoms with Gasteiger partial charge in [-0.2, -0.15) is 0 Å². The molecule has 0 atom stereocenters. The Hall–Kier alpha value is -0.830. The van der Waals surface area contributed by atoms with Crippen molar-refractivity contribution in [2.45, 2.75) is 52.1 Å². The third-order valence-corrected chi connectivity index (χ3v) is 5.59. The van der Waals surface area contributed by atoms with E-state index in [0.717, 1.165) is 43.9 Å². The van der Waals surface area contributed by atoms with E-state index in [4.69, 9.17) is 11.6 Å². The molecule has 1 aliphatic heterocycles.